The average Bonchev–Trinajstić information content (AvgIpc) is 2.44. The Bertz CT molecular complexity index is 591. The number of nitrogens with one attached hydrogen (secondary N) is 1. The van der Waals surface area contributed by atoms with E-state index in [0.29, 0.717) is 0 Å². The number of methoxy groups -OCH3 is 1. The van der Waals surface area contributed by atoms with Gasteiger partial charge in [-0.1, -0.05) is 25.4 Å². The maximum absolute atomic E-state index is 13.5. The summed E-state index contributed by atoms with van der Waals surface area (Å²) in [6.45, 7) is 3.38. The first-order valence-electron chi connectivity index (χ1n) is 6.77. The molecule has 1 aromatic carbocycles. The van der Waals surface area contributed by atoms with Gasteiger partial charge in [-0.25, -0.2) is 4.39 Å². The normalized spacial score (nSPS) is 11.2. The number of ether oxygens (including phenoxy) is 2. The number of amides is 1. The minimum atomic E-state index is -0.960. The number of carboxylic acid groups (broad SMARTS) is 1. The zero-order chi connectivity index (χ0) is 17.6. The van der Waals surface area contributed by atoms with Crippen LogP contribution in [0.2, 0.25) is 5.02 Å². The molecule has 0 fully saturated rings. The second-order valence-electron chi connectivity index (χ2n) is 5.73. The summed E-state index contributed by atoms with van der Waals surface area (Å²) in [7, 11) is 1.39. The molecule has 23 heavy (non-hydrogen) atoms. The number of aliphatic carboxylic acids is 1. The van der Waals surface area contributed by atoms with Gasteiger partial charge in [-0.2, -0.15) is 0 Å². The van der Waals surface area contributed by atoms with Crippen molar-refractivity contribution in [1.29, 1.82) is 0 Å². The van der Waals surface area contributed by atoms with Crippen molar-refractivity contribution in [2.75, 3.05) is 20.4 Å². The summed E-state index contributed by atoms with van der Waals surface area (Å²) in [6.07, 6.45) is -0.107. The van der Waals surface area contributed by atoms with E-state index in [-0.39, 0.29) is 36.1 Å². The molecule has 6 nitrogen and oxygen atoms in total. The highest BCUT2D eigenvalue weighted by atomic mass is 35.5. The molecule has 0 atom stereocenters. The van der Waals surface area contributed by atoms with Crippen LogP contribution in [0.4, 0.5) is 4.39 Å². The van der Waals surface area contributed by atoms with E-state index >= 15 is 0 Å². The molecule has 0 spiro atoms. The number of hydrogen-bond acceptors (Lipinski definition) is 4. The van der Waals surface area contributed by atoms with E-state index in [1.54, 1.807) is 13.8 Å². The van der Waals surface area contributed by atoms with Gasteiger partial charge in [-0.05, 0) is 11.5 Å². The first-order chi connectivity index (χ1) is 10.7. The average molecular weight is 348 g/mol. The number of halogens is 2. The Labute approximate surface area is 138 Å². The molecule has 8 heteroatoms. The van der Waals surface area contributed by atoms with Crippen LogP contribution >= 0.6 is 11.6 Å². The maximum atomic E-state index is 13.5. The Morgan fingerprint density at radius 2 is 2.04 bits per heavy atom. The van der Waals surface area contributed by atoms with E-state index in [4.69, 9.17) is 26.2 Å². The standard InChI is InChI=1S/C15H19ClFNO5/c1-15(2,6-13(19)20)7-18-14(21)9-4-10(16)11(17)5-12(9)23-8-22-3/h4-5H,6-8H2,1-3H3,(H,18,21)(H,19,20). The van der Waals surface area contributed by atoms with Gasteiger partial charge in [0.1, 0.15) is 11.6 Å². The van der Waals surface area contributed by atoms with Crippen LogP contribution in [-0.2, 0) is 9.53 Å². The number of benzene rings is 1. The lowest BCUT2D eigenvalue weighted by atomic mass is 9.89. The molecule has 1 amide bonds. The highest BCUT2D eigenvalue weighted by molar-refractivity contribution is 6.31. The number of hydrogen-bond donors (Lipinski definition) is 2. The lowest BCUT2D eigenvalue weighted by Crippen LogP contribution is -2.35. The van der Waals surface area contributed by atoms with E-state index in [1.807, 2.05) is 0 Å². The molecule has 1 aromatic rings. The number of carbonyl (C=O) groups excluding carboxylic acids is 1. The summed E-state index contributed by atoms with van der Waals surface area (Å²) in [5.74, 6) is -2.24. The molecule has 0 aromatic heterocycles. The number of carboxylic acids is 1. The molecule has 0 saturated heterocycles. The largest absolute Gasteiger partial charge is 0.481 e. The Kier molecular flexibility index (Phi) is 6.78. The first-order valence-corrected chi connectivity index (χ1v) is 7.15. The second kappa shape index (κ2) is 8.12. The molecular formula is C15H19ClFNO5. The van der Waals surface area contributed by atoms with Gasteiger partial charge in [0.05, 0.1) is 17.0 Å². The molecule has 0 aliphatic carbocycles. The van der Waals surface area contributed by atoms with E-state index < -0.39 is 23.1 Å². The lowest BCUT2D eigenvalue weighted by Gasteiger charge is -2.23. The van der Waals surface area contributed by atoms with Gasteiger partial charge in [-0.3, -0.25) is 9.59 Å². The summed E-state index contributed by atoms with van der Waals surface area (Å²) in [6, 6.07) is 2.15. The van der Waals surface area contributed by atoms with E-state index in [2.05, 4.69) is 5.32 Å². The van der Waals surface area contributed by atoms with E-state index in [1.165, 1.54) is 7.11 Å². The fourth-order valence-corrected chi connectivity index (χ4v) is 2.00. The summed E-state index contributed by atoms with van der Waals surface area (Å²) in [5, 5.41) is 11.2. The maximum Gasteiger partial charge on any atom is 0.303 e. The van der Waals surface area contributed by atoms with Crippen LogP contribution in [0.25, 0.3) is 0 Å². The highest BCUT2D eigenvalue weighted by Crippen LogP contribution is 2.27. The second-order valence-corrected chi connectivity index (χ2v) is 6.14. The van der Waals surface area contributed by atoms with Crippen molar-refractivity contribution in [1.82, 2.24) is 5.32 Å². The highest BCUT2D eigenvalue weighted by Gasteiger charge is 2.24. The summed E-state index contributed by atoms with van der Waals surface area (Å²) in [5.41, 5.74) is -0.599. The Morgan fingerprint density at radius 1 is 1.39 bits per heavy atom. The van der Waals surface area contributed by atoms with Crippen molar-refractivity contribution in [3.8, 4) is 5.75 Å². The van der Waals surface area contributed by atoms with Gasteiger partial charge in [0.2, 0.25) is 0 Å². The molecule has 0 radical (unpaired) electrons. The van der Waals surface area contributed by atoms with E-state index in [0.717, 1.165) is 12.1 Å². The van der Waals surface area contributed by atoms with Crippen molar-refractivity contribution in [2.45, 2.75) is 20.3 Å². The summed E-state index contributed by atoms with van der Waals surface area (Å²) < 4.78 is 23.4. The van der Waals surface area contributed by atoms with Crippen LogP contribution < -0.4 is 10.1 Å². The third-order valence-corrected chi connectivity index (χ3v) is 3.25. The summed E-state index contributed by atoms with van der Waals surface area (Å²) in [4.78, 5) is 23.0. The van der Waals surface area contributed by atoms with Gasteiger partial charge >= 0.3 is 5.97 Å². The van der Waals surface area contributed by atoms with Crippen molar-refractivity contribution in [3.05, 3.63) is 28.5 Å². The van der Waals surface area contributed by atoms with Crippen LogP contribution in [0, 0.1) is 11.2 Å². The molecule has 0 saturated carbocycles. The van der Waals surface area contributed by atoms with Crippen LogP contribution in [-0.4, -0.2) is 37.4 Å². The van der Waals surface area contributed by atoms with Crippen LogP contribution in [0.3, 0.4) is 0 Å². The van der Waals surface area contributed by atoms with Crippen molar-refractivity contribution < 1.29 is 28.6 Å². The quantitative estimate of drug-likeness (QED) is 0.706. The molecular weight excluding hydrogens is 329 g/mol. The van der Waals surface area contributed by atoms with E-state index in [9.17, 15) is 14.0 Å². The van der Waals surface area contributed by atoms with Crippen LogP contribution in [0.5, 0.6) is 5.75 Å². The molecule has 0 aliphatic rings. The van der Waals surface area contributed by atoms with Gasteiger partial charge < -0.3 is 19.9 Å². The van der Waals surface area contributed by atoms with Crippen molar-refractivity contribution in [3.63, 3.8) is 0 Å². The molecule has 0 unspecified atom stereocenters. The monoisotopic (exact) mass is 347 g/mol. The lowest BCUT2D eigenvalue weighted by molar-refractivity contribution is -0.139. The Balaban J connectivity index is 2.89. The Morgan fingerprint density at radius 3 is 2.61 bits per heavy atom. The fourth-order valence-electron chi connectivity index (χ4n) is 1.83. The SMILES string of the molecule is COCOc1cc(F)c(Cl)cc1C(=O)NCC(C)(C)CC(=O)O. The van der Waals surface area contributed by atoms with Crippen molar-refractivity contribution in [2.24, 2.45) is 5.41 Å². The van der Waals surface area contributed by atoms with Gasteiger partial charge in [-0.15, -0.1) is 0 Å². The Hall–Kier alpha value is -1.86. The minimum Gasteiger partial charge on any atom is -0.481 e. The summed E-state index contributed by atoms with van der Waals surface area (Å²) >= 11 is 5.70. The zero-order valence-electron chi connectivity index (χ0n) is 13.1. The number of carbonyl (C=O) groups is 2. The fraction of sp³-hybridized carbons (Fsp3) is 0.467. The van der Waals surface area contributed by atoms with Crippen LogP contribution in [0.1, 0.15) is 30.6 Å². The third-order valence-electron chi connectivity index (χ3n) is 2.96. The molecule has 128 valence electrons. The molecule has 1 rings (SSSR count). The van der Waals surface area contributed by atoms with Gasteiger partial charge in [0.25, 0.3) is 5.91 Å². The van der Waals surface area contributed by atoms with Crippen LogP contribution in [0.15, 0.2) is 12.1 Å². The topological polar surface area (TPSA) is 84.9 Å². The predicted octanol–water partition coefficient (Wildman–Crippen LogP) is 2.69. The smallest absolute Gasteiger partial charge is 0.303 e. The van der Waals surface area contributed by atoms with Gasteiger partial charge in [0.15, 0.2) is 6.79 Å². The predicted molar refractivity (Wildman–Crippen MR) is 82.3 cm³/mol. The third kappa shape index (κ3) is 6.03. The molecule has 0 aliphatic heterocycles. The number of rotatable bonds is 8. The van der Waals surface area contributed by atoms with Gasteiger partial charge in [0, 0.05) is 19.7 Å². The first kappa shape index (κ1) is 19.2. The zero-order valence-corrected chi connectivity index (χ0v) is 13.9. The van der Waals surface area contributed by atoms with Crippen molar-refractivity contribution >= 4 is 23.5 Å². The molecule has 2 N–H and O–H groups in total. The molecule has 0 heterocycles. The minimum absolute atomic E-state index is 0.0118. The molecule has 0 bridgehead atoms.